The SMILES string of the molecule is CN(C)CP(=O)(O)C(O)c1ccccc1. The van der Waals surface area contributed by atoms with Crippen LogP contribution in [0.1, 0.15) is 11.4 Å². The van der Waals surface area contributed by atoms with Crippen LogP contribution in [0.15, 0.2) is 30.3 Å². The van der Waals surface area contributed by atoms with Gasteiger partial charge in [-0.1, -0.05) is 30.3 Å². The van der Waals surface area contributed by atoms with E-state index >= 15 is 0 Å². The normalized spacial score (nSPS) is 17.4. The van der Waals surface area contributed by atoms with E-state index in [1.54, 1.807) is 49.3 Å². The van der Waals surface area contributed by atoms with Gasteiger partial charge < -0.3 is 14.9 Å². The summed E-state index contributed by atoms with van der Waals surface area (Å²) in [7, 11) is -0.190. The van der Waals surface area contributed by atoms with Crippen LogP contribution in [0.2, 0.25) is 0 Å². The van der Waals surface area contributed by atoms with Gasteiger partial charge in [-0.3, -0.25) is 4.57 Å². The van der Waals surface area contributed by atoms with Crippen LogP contribution in [-0.4, -0.2) is 35.3 Å². The number of hydrogen-bond donors (Lipinski definition) is 2. The Kier molecular flexibility index (Phi) is 4.05. The maximum absolute atomic E-state index is 11.8. The van der Waals surface area contributed by atoms with Gasteiger partial charge in [0, 0.05) is 0 Å². The van der Waals surface area contributed by atoms with E-state index in [-0.39, 0.29) is 6.29 Å². The van der Waals surface area contributed by atoms with Crippen molar-refractivity contribution < 1.29 is 14.6 Å². The zero-order chi connectivity index (χ0) is 11.5. The van der Waals surface area contributed by atoms with E-state index in [0.29, 0.717) is 5.56 Å². The van der Waals surface area contributed by atoms with Crippen LogP contribution in [0.5, 0.6) is 0 Å². The van der Waals surface area contributed by atoms with E-state index in [4.69, 9.17) is 0 Å². The van der Waals surface area contributed by atoms with E-state index in [9.17, 15) is 14.6 Å². The lowest BCUT2D eigenvalue weighted by Gasteiger charge is -2.21. The third kappa shape index (κ3) is 3.43. The van der Waals surface area contributed by atoms with Gasteiger partial charge in [0.15, 0.2) is 5.85 Å². The van der Waals surface area contributed by atoms with Gasteiger partial charge in [-0.25, -0.2) is 0 Å². The molecule has 0 radical (unpaired) electrons. The number of rotatable bonds is 4. The molecule has 0 heterocycles. The molecular formula is C10H16NO3P. The lowest BCUT2D eigenvalue weighted by molar-refractivity contribution is 0.229. The molecule has 0 spiro atoms. The molecule has 1 rings (SSSR count). The van der Waals surface area contributed by atoms with Crippen LogP contribution in [0.25, 0.3) is 0 Å². The van der Waals surface area contributed by atoms with E-state index in [0.717, 1.165) is 0 Å². The standard InChI is InChI=1S/C10H16NO3P/c1-11(2)8-15(13,14)10(12)9-6-4-3-5-7-9/h3-7,10,12H,8H2,1-2H3,(H,13,14). The second-order valence-corrected chi connectivity index (χ2v) is 6.04. The Morgan fingerprint density at radius 1 is 1.33 bits per heavy atom. The molecule has 2 atom stereocenters. The molecule has 4 nitrogen and oxygen atoms in total. The molecule has 0 aliphatic heterocycles. The predicted octanol–water partition coefficient (Wildman–Crippen LogP) is 1.47. The zero-order valence-corrected chi connectivity index (χ0v) is 9.76. The van der Waals surface area contributed by atoms with Gasteiger partial charge in [0.2, 0.25) is 7.37 Å². The van der Waals surface area contributed by atoms with Gasteiger partial charge in [0.1, 0.15) is 0 Å². The first-order valence-electron chi connectivity index (χ1n) is 4.63. The molecule has 0 bridgehead atoms. The van der Waals surface area contributed by atoms with Crippen molar-refractivity contribution in [2.75, 3.05) is 20.4 Å². The van der Waals surface area contributed by atoms with Crippen molar-refractivity contribution in [2.45, 2.75) is 5.85 Å². The van der Waals surface area contributed by atoms with Gasteiger partial charge in [-0.15, -0.1) is 0 Å². The van der Waals surface area contributed by atoms with E-state index in [1.165, 1.54) is 0 Å². The molecule has 0 aliphatic carbocycles. The molecule has 15 heavy (non-hydrogen) atoms. The van der Waals surface area contributed by atoms with Crippen LogP contribution >= 0.6 is 7.37 Å². The number of aliphatic hydroxyl groups is 1. The van der Waals surface area contributed by atoms with Crippen LogP contribution in [0.3, 0.4) is 0 Å². The predicted molar refractivity (Wildman–Crippen MR) is 59.8 cm³/mol. The molecule has 0 saturated heterocycles. The Balaban J connectivity index is 2.85. The smallest absolute Gasteiger partial charge is 0.246 e. The summed E-state index contributed by atoms with van der Waals surface area (Å²) in [5, 5.41) is 9.76. The number of hydrogen-bond acceptors (Lipinski definition) is 3. The summed E-state index contributed by atoms with van der Waals surface area (Å²) in [4.78, 5) is 11.3. The zero-order valence-electron chi connectivity index (χ0n) is 8.87. The minimum absolute atomic E-state index is 0.0247. The molecule has 2 N–H and O–H groups in total. The summed E-state index contributed by atoms with van der Waals surface area (Å²) >= 11 is 0. The molecule has 0 aliphatic rings. The highest BCUT2D eigenvalue weighted by Crippen LogP contribution is 2.53. The Labute approximate surface area is 89.6 Å². The number of benzene rings is 1. The molecule has 1 aromatic rings. The summed E-state index contributed by atoms with van der Waals surface area (Å²) in [6.07, 6.45) is -0.0247. The third-order valence-corrected chi connectivity index (χ3v) is 4.00. The second-order valence-electron chi connectivity index (χ2n) is 3.76. The second kappa shape index (κ2) is 4.90. The lowest BCUT2D eigenvalue weighted by Crippen LogP contribution is -2.16. The van der Waals surface area contributed by atoms with E-state index in [1.807, 2.05) is 0 Å². The molecule has 0 fully saturated rings. The maximum Gasteiger partial charge on any atom is 0.246 e. The Morgan fingerprint density at radius 2 is 1.87 bits per heavy atom. The topological polar surface area (TPSA) is 60.8 Å². The van der Waals surface area contributed by atoms with Crippen molar-refractivity contribution in [3.63, 3.8) is 0 Å². The quantitative estimate of drug-likeness (QED) is 0.767. The fourth-order valence-electron chi connectivity index (χ4n) is 1.34. The van der Waals surface area contributed by atoms with Gasteiger partial charge in [-0.2, -0.15) is 0 Å². The average molecular weight is 229 g/mol. The van der Waals surface area contributed by atoms with Gasteiger partial charge >= 0.3 is 0 Å². The van der Waals surface area contributed by atoms with E-state index < -0.39 is 13.2 Å². The van der Waals surface area contributed by atoms with Gasteiger partial charge in [0.25, 0.3) is 0 Å². The summed E-state index contributed by atoms with van der Waals surface area (Å²) in [5.74, 6) is -1.30. The van der Waals surface area contributed by atoms with Gasteiger partial charge in [-0.05, 0) is 19.7 Å². The molecule has 0 aromatic heterocycles. The minimum Gasteiger partial charge on any atom is -0.378 e. The van der Waals surface area contributed by atoms with Crippen molar-refractivity contribution in [3.8, 4) is 0 Å². The number of aliphatic hydroxyl groups excluding tert-OH is 1. The minimum atomic E-state index is -3.58. The van der Waals surface area contributed by atoms with Crippen molar-refractivity contribution >= 4 is 7.37 Å². The molecule has 0 amide bonds. The van der Waals surface area contributed by atoms with Crippen LogP contribution in [0, 0.1) is 0 Å². The van der Waals surface area contributed by atoms with Crippen LogP contribution in [-0.2, 0) is 4.57 Å². The molecule has 5 heteroatoms. The average Bonchev–Trinajstić information content (AvgIpc) is 2.16. The first-order valence-corrected chi connectivity index (χ1v) is 6.54. The van der Waals surface area contributed by atoms with Crippen LogP contribution < -0.4 is 0 Å². The molecule has 2 unspecified atom stereocenters. The fraction of sp³-hybridized carbons (Fsp3) is 0.400. The Bertz CT molecular complexity index is 353. The summed E-state index contributed by atoms with van der Waals surface area (Å²) < 4.78 is 11.8. The molecule has 84 valence electrons. The van der Waals surface area contributed by atoms with Crippen molar-refractivity contribution in [3.05, 3.63) is 35.9 Å². The lowest BCUT2D eigenvalue weighted by atomic mass is 10.2. The molecule has 1 aromatic carbocycles. The summed E-state index contributed by atoms with van der Waals surface area (Å²) in [5.41, 5.74) is 0.477. The Hall–Kier alpha value is -0.670. The monoisotopic (exact) mass is 229 g/mol. The van der Waals surface area contributed by atoms with Crippen LogP contribution in [0.4, 0.5) is 0 Å². The fourth-order valence-corrected chi connectivity index (χ4v) is 2.94. The summed E-state index contributed by atoms with van der Waals surface area (Å²) in [6, 6.07) is 8.54. The first-order chi connectivity index (χ1) is 6.93. The molecular weight excluding hydrogens is 213 g/mol. The van der Waals surface area contributed by atoms with Crippen molar-refractivity contribution in [1.82, 2.24) is 4.90 Å². The first kappa shape index (κ1) is 12.4. The highest BCUT2D eigenvalue weighted by Gasteiger charge is 2.30. The number of nitrogens with zero attached hydrogens (tertiary/aromatic N) is 1. The third-order valence-electron chi connectivity index (χ3n) is 1.97. The highest BCUT2D eigenvalue weighted by molar-refractivity contribution is 7.58. The van der Waals surface area contributed by atoms with Gasteiger partial charge in [0.05, 0.1) is 6.29 Å². The van der Waals surface area contributed by atoms with Crippen molar-refractivity contribution in [2.24, 2.45) is 0 Å². The Morgan fingerprint density at radius 3 is 2.33 bits per heavy atom. The maximum atomic E-state index is 11.8. The van der Waals surface area contributed by atoms with E-state index in [2.05, 4.69) is 0 Å². The largest absolute Gasteiger partial charge is 0.378 e. The highest BCUT2D eigenvalue weighted by atomic mass is 31.2. The molecule has 0 saturated carbocycles. The van der Waals surface area contributed by atoms with Crippen molar-refractivity contribution in [1.29, 1.82) is 0 Å². The summed E-state index contributed by atoms with van der Waals surface area (Å²) in [6.45, 7) is 0.